The molecule has 1 amide bonds. The number of nitrogens with one attached hydrogen (secondary N) is 1. The highest BCUT2D eigenvalue weighted by molar-refractivity contribution is 5.82. The molecule has 2 rings (SSSR count). The molecule has 0 spiro atoms. The summed E-state index contributed by atoms with van der Waals surface area (Å²) in [5, 5.41) is 10.8. The fraction of sp³-hybridized carbons (Fsp3) is 0. The van der Waals surface area contributed by atoms with Crippen LogP contribution in [-0.2, 0) is 0 Å². The average molecular weight is 244 g/mol. The second-order valence-corrected chi connectivity index (χ2v) is 3.63. The average Bonchev–Trinajstić information content (AvgIpc) is 2.34. The van der Waals surface area contributed by atoms with E-state index in [0.717, 1.165) is 0 Å². The van der Waals surface area contributed by atoms with Gasteiger partial charge in [0, 0.05) is 11.4 Å². The Morgan fingerprint density at radius 1 is 1.00 bits per heavy atom. The summed E-state index contributed by atoms with van der Waals surface area (Å²) in [5.41, 5.74) is 6.73. The Balaban J connectivity index is 2.06. The number of hydrogen-bond donors (Lipinski definition) is 3. The summed E-state index contributed by atoms with van der Waals surface area (Å²) in [4.78, 5) is 10.4. The zero-order chi connectivity index (χ0) is 13.0. The van der Waals surface area contributed by atoms with Crippen LogP contribution in [-0.4, -0.2) is 11.2 Å². The lowest BCUT2D eigenvalue weighted by Gasteiger charge is -2.07. The largest absolute Gasteiger partial charge is 0.465 e. The minimum atomic E-state index is -1.10. The number of amides is 1. The van der Waals surface area contributed by atoms with Gasteiger partial charge < -0.3 is 15.6 Å². The Morgan fingerprint density at radius 3 is 2.00 bits per heavy atom. The summed E-state index contributed by atoms with van der Waals surface area (Å²) in [6.07, 6.45) is -1.10. The van der Waals surface area contributed by atoms with E-state index < -0.39 is 6.09 Å². The number of carbonyl (C=O) groups is 1. The molecule has 0 saturated heterocycles. The summed E-state index contributed by atoms with van der Waals surface area (Å²) in [5.74, 6) is 1.29. The Labute approximate surface area is 104 Å². The number of nitrogen functional groups attached to an aromatic ring is 1. The number of hydrogen-bond acceptors (Lipinski definition) is 3. The third-order valence-corrected chi connectivity index (χ3v) is 2.22. The van der Waals surface area contributed by atoms with Crippen LogP contribution in [0.25, 0.3) is 0 Å². The molecule has 18 heavy (non-hydrogen) atoms. The van der Waals surface area contributed by atoms with E-state index in [1.165, 1.54) is 0 Å². The predicted molar refractivity (Wildman–Crippen MR) is 69.0 cm³/mol. The van der Waals surface area contributed by atoms with Crippen LogP contribution in [0, 0.1) is 0 Å². The normalized spacial score (nSPS) is 9.78. The number of rotatable bonds is 3. The van der Waals surface area contributed by atoms with Crippen molar-refractivity contribution in [1.82, 2.24) is 0 Å². The summed E-state index contributed by atoms with van der Waals surface area (Å²) in [6, 6.07) is 13.6. The molecule has 0 atom stereocenters. The lowest BCUT2D eigenvalue weighted by atomic mass is 10.3. The fourth-order valence-electron chi connectivity index (χ4n) is 1.40. The van der Waals surface area contributed by atoms with Gasteiger partial charge in [0.25, 0.3) is 0 Å². The van der Waals surface area contributed by atoms with E-state index in [0.29, 0.717) is 22.9 Å². The van der Waals surface area contributed by atoms with Gasteiger partial charge in [0.15, 0.2) is 0 Å². The number of carboxylic acid groups (broad SMARTS) is 1. The SMILES string of the molecule is Nc1ccc(Oc2ccc(NC(=O)O)cc2)cc1. The first kappa shape index (κ1) is 11.8. The first-order valence-corrected chi connectivity index (χ1v) is 5.27. The molecule has 0 fully saturated rings. The highest BCUT2D eigenvalue weighted by atomic mass is 16.5. The monoisotopic (exact) mass is 244 g/mol. The van der Waals surface area contributed by atoms with Crippen molar-refractivity contribution in [3.05, 3.63) is 48.5 Å². The van der Waals surface area contributed by atoms with Gasteiger partial charge in [-0.3, -0.25) is 5.32 Å². The summed E-state index contributed by atoms with van der Waals surface area (Å²) < 4.78 is 5.56. The van der Waals surface area contributed by atoms with E-state index in [2.05, 4.69) is 5.32 Å². The fourth-order valence-corrected chi connectivity index (χ4v) is 1.40. The van der Waals surface area contributed by atoms with E-state index in [-0.39, 0.29) is 0 Å². The van der Waals surface area contributed by atoms with Crippen molar-refractivity contribution in [2.24, 2.45) is 0 Å². The molecule has 0 heterocycles. The first-order valence-electron chi connectivity index (χ1n) is 5.27. The molecule has 92 valence electrons. The van der Waals surface area contributed by atoms with Gasteiger partial charge in [0.1, 0.15) is 11.5 Å². The van der Waals surface area contributed by atoms with Crippen molar-refractivity contribution >= 4 is 17.5 Å². The molecule has 0 saturated carbocycles. The van der Waals surface area contributed by atoms with Crippen molar-refractivity contribution in [3.8, 4) is 11.5 Å². The lowest BCUT2D eigenvalue weighted by Crippen LogP contribution is -2.06. The minimum Gasteiger partial charge on any atom is -0.465 e. The number of nitrogens with two attached hydrogens (primary N) is 1. The second-order valence-electron chi connectivity index (χ2n) is 3.63. The molecule has 2 aromatic carbocycles. The van der Waals surface area contributed by atoms with Gasteiger partial charge >= 0.3 is 6.09 Å². The van der Waals surface area contributed by atoms with Gasteiger partial charge in [-0.2, -0.15) is 0 Å². The molecule has 0 aliphatic carbocycles. The molecule has 5 heteroatoms. The predicted octanol–water partition coefficient (Wildman–Crippen LogP) is 3.15. The molecule has 0 aliphatic heterocycles. The number of anilines is 2. The van der Waals surface area contributed by atoms with Crippen LogP contribution in [0.15, 0.2) is 48.5 Å². The highest BCUT2D eigenvalue weighted by Gasteiger charge is 2.00. The van der Waals surface area contributed by atoms with Crippen LogP contribution in [0.5, 0.6) is 11.5 Å². The molecule has 0 unspecified atom stereocenters. The second kappa shape index (κ2) is 5.09. The molecule has 0 aromatic heterocycles. The summed E-state index contributed by atoms with van der Waals surface area (Å²) >= 11 is 0. The first-order chi connectivity index (χ1) is 8.63. The lowest BCUT2D eigenvalue weighted by molar-refractivity contribution is 0.209. The highest BCUT2D eigenvalue weighted by Crippen LogP contribution is 2.23. The van der Waals surface area contributed by atoms with Crippen molar-refractivity contribution in [2.75, 3.05) is 11.1 Å². The Morgan fingerprint density at radius 2 is 1.50 bits per heavy atom. The zero-order valence-corrected chi connectivity index (χ0v) is 9.46. The molecule has 0 bridgehead atoms. The molecular weight excluding hydrogens is 232 g/mol. The van der Waals surface area contributed by atoms with Crippen molar-refractivity contribution in [2.45, 2.75) is 0 Å². The molecule has 2 aromatic rings. The van der Waals surface area contributed by atoms with Crippen molar-refractivity contribution < 1.29 is 14.6 Å². The summed E-state index contributed by atoms with van der Waals surface area (Å²) in [7, 11) is 0. The van der Waals surface area contributed by atoms with E-state index >= 15 is 0 Å². The van der Waals surface area contributed by atoms with E-state index in [4.69, 9.17) is 15.6 Å². The summed E-state index contributed by atoms with van der Waals surface area (Å²) in [6.45, 7) is 0. The number of ether oxygens (including phenoxy) is 1. The quantitative estimate of drug-likeness (QED) is 0.724. The van der Waals surface area contributed by atoms with Crippen LogP contribution in [0.4, 0.5) is 16.2 Å². The minimum absolute atomic E-state index is 0.493. The topological polar surface area (TPSA) is 84.6 Å². The standard InChI is InChI=1S/C13H12N2O3/c14-9-1-5-11(6-2-9)18-12-7-3-10(4-8-12)15-13(16)17/h1-8,15H,14H2,(H,16,17). The van der Waals surface area contributed by atoms with Crippen molar-refractivity contribution in [3.63, 3.8) is 0 Å². The third-order valence-electron chi connectivity index (χ3n) is 2.22. The van der Waals surface area contributed by atoms with Gasteiger partial charge in [-0.25, -0.2) is 4.79 Å². The van der Waals surface area contributed by atoms with E-state index in [1.54, 1.807) is 48.5 Å². The van der Waals surface area contributed by atoms with Gasteiger partial charge in [0.2, 0.25) is 0 Å². The van der Waals surface area contributed by atoms with Crippen LogP contribution in [0.3, 0.4) is 0 Å². The van der Waals surface area contributed by atoms with Crippen molar-refractivity contribution in [1.29, 1.82) is 0 Å². The maximum absolute atomic E-state index is 10.4. The van der Waals surface area contributed by atoms with Gasteiger partial charge in [-0.1, -0.05) is 0 Å². The Kier molecular flexibility index (Phi) is 3.33. The van der Waals surface area contributed by atoms with Crippen LogP contribution < -0.4 is 15.8 Å². The molecule has 0 radical (unpaired) electrons. The molecule has 4 N–H and O–H groups in total. The third kappa shape index (κ3) is 3.15. The van der Waals surface area contributed by atoms with E-state index in [1.807, 2.05) is 0 Å². The van der Waals surface area contributed by atoms with Crippen LogP contribution >= 0.6 is 0 Å². The van der Waals surface area contributed by atoms with Crippen LogP contribution in [0.2, 0.25) is 0 Å². The smallest absolute Gasteiger partial charge is 0.409 e. The molecule has 5 nitrogen and oxygen atoms in total. The number of benzene rings is 2. The van der Waals surface area contributed by atoms with Gasteiger partial charge in [-0.15, -0.1) is 0 Å². The van der Waals surface area contributed by atoms with E-state index in [9.17, 15) is 4.79 Å². The van der Waals surface area contributed by atoms with Gasteiger partial charge in [0.05, 0.1) is 0 Å². The molecular formula is C13H12N2O3. The Hall–Kier alpha value is -2.69. The zero-order valence-electron chi connectivity index (χ0n) is 9.46. The maximum Gasteiger partial charge on any atom is 0.409 e. The molecule has 0 aliphatic rings. The van der Waals surface area contributed by atoms with Gasteiger partial charge in [-0.05, 0) is 48.5 Å². The Bertz CT molecular complexity index is 535. The maximum atomic E-state index is 10.4. The van der Waals surface area contributed by atoms with Crippen LogP contribution in [0.1, 0.15) is 0 Å².